The molecule has 0 unspecified atom stereocenters. The first-order valence-electron chi connectivity index (χ1n) is 7.60. The van der Waals surface area contributed by atoms with Gasteiger partial charge in [0.2, 0.25) is 4.96 Å². The van der Waals surface area contributed by atoms with Gasteiger partial charge in [-0.15, -0.1) is 5.10 Å². The Morgan fingerprint density at radius 1 is 1.04 bits per heavy atom. The first kappa shape index (κ1) is 15.9. The summed E-state index contributed by atoms with van der Waals surface area (Å²) in [5, 5.41) is 4.36. The summed E-state index contributed by atoms with van der Waals surface area (Å²) >= 11 is 4.82. The average Bonchev–Trinajstić information content (AvgIpc) is 3.16. The van der Waals surface area contributed by atoms with Crippen molar-refractivity contribution >= 4 is 44.4 Å². The first-order valence-corrected chi connectivity index (χ1v) is 9.21. The third-order valence-corrected chi connectivity index (χ3v) is 5.30. The predicted octanol–water partition coefficient (Wildman–Crippen LogP) is 3.79. The molecular weight excluding hydrogens is 398 g/mol. The van der Waals surface area contributed by atoms with Gasteiger partial charge in [-0.25, -0.2) is 0 Å². The van der Waals surface area contributed by atoms with Crippen molar-refractivity contribution in [2.45, 2.75) is 0 Å². The summed E-state index contributed by atoms with van der Waals surface area (Å²) in [7, 11) is 0. The average molecular weight is 410 g/mol. The molecule has 4 rings (SSSR count). The van der Waals surface area contributed by atoms with Gasteiger partial charge in [-0.2, -0.15) is 9.50 Å². The lowest BCUT2D eigenvalue weighted by Gasteiger charge is -1.96. The van der Waals surface area contributed by atoms with Gasteiger partial charge in [0.05, 0.1) is 4.53 Å². The second kappa shape index (κ2) is 6.74. The molecule has 0 radical (unpaired) electrons. The lowest BCUT2D eigenvalue weighted by atomic mass is 10.2. The van der Waals surface area contributed by atoms with Gasteiger partial charge in [0, 0.05) is 10.0 Å². The van der Waals surface area contributed by atoms with Crippen LogP contribution >= 0.6 is 27.3 Å². The van der Waals surface area contributed by atoms with E-state index in [2.05, 4.69) is 26.0 Å². The minimum absolute atomic E-state index is 0.150. The fourth-order valence-electron chi connectivity index (χ4n) is 2.42. The SMILES string of the molecule is O=c1/c(=C\C=C\c2ccccc2)sc2nc(-c3ccccc3Br)nn12. The van der Waals surface area contributed by atoms with Crippen molar-refractivity contribution in [2.24, 2.45) is 0 Å². The number of rotatable bonds is 3. The van der Waals surface area contributed by atoms with Crippen LogP contribution < -0.4 is 10.1 Å². The summed E-state index contributed by atoms with van der Waals surface area (Å²) in [5.41, 5.74) is 1.80. The Bertz CT molecular complexity index is 1180. The lowest BCUT2D eigenvalue weighted by molar-refractivity contribution is 0.936. The number of nitrogens with zero attached hydrogens (tertiary/aromatic N) is 3. The van der Waals surface area contributed by atoms with E-state index in [1.165, 1.54) is 15.9 Å². The molecule has 0 aliphatic heterocycles. The van der Waals surface area contributed by atoms with Gasteiger partial charge < -0.3 is 0 Å². The van der Waals surface area contributed by atoms with E-state index in [1.54, 1.807) is 6.08 Å². The van der Waals surface area contributed by atoms with Crippen molar-refractivity contribution in [3.63, 3.8) is 0 Å². The molecule has 0 saturated heterocycles. The van der Waals surface area contributed by atoms with Gasteiger partial charge in [-0.05, 0) is 23.8 Å². The van der Waals surface area contributed by atoms with Crippen LogP contribution in [0.4, 0.5) is 0 Å². The second-order valence-electron chi connectivity index (χ2n) is 5.32. The summed E-state index contributed by atoms with van der Waals surface area (Å²) in [5.74, 6) is 0.544. The minimum Gasteiger partial charge on any atom is -0.266 e. The zero-order chi connectivity index (χ0) is 17.2. The van der Waals surface area contributed by atoms with E-state index in [0.29, 0.717) is 15.3 Å². The molecule has 25 heavy (non-hydrogen) atoms. The Labute approximate surface area is 155 Å². The minimum atomic E-state index is -0.150. The van der Waals surface area contributed by atoms with Crippen molar-refractivity contribution in [2.75, 3.05) is 0 Å². The highest BCUT2D eigenvalue weighted by Gasteiger charge is 2.13. The fourth-order valence-corrected chi connectivity index (χ4v) is 3.74. The quantitative estimate of drug-likeness (QED) is 0.516. The predicted molar refractivity (Wildman–Crippen MR) is 105 cm³/mol. The van der Waals surface area contributed by atoms with E-state index < -0.39 is 0 Å². The first-order chi connectivity index (χ1) is 12.2. The standard InChI is InChI=1S/C19H12BrN3OS/c20-15-11-5-4-10-14(15)17-21-19-23(22-17)18(24)16(25-19)12-6-9-13-7-2-1-3-8-13/h1-12H/b9-6+,16-12+. The number of thiazole rings is 1. The smallest absolute Gasteiger partial charge is 0.266 e. The van der Waals surface area contributed by atoms with E-state index in [-0.39, 0.29) is 5.56 Å². The van der Waals surface area contributed by atoms with Crippen LogP contribution in [0.2, 0.25) is 0 Å². The van der Waals surface area contributed by atoms with Gasteiger partial charge in [-0.3, -0.25) is 4.79 Å². The molecule has 0 N–H and O–H groups in total. The third-order valence-electron chi connectivity index (χ3n) is 3.63. The topological polar surface area (TPSA) is 47.3 Å². The van der Waals surface area contributed by atoms with Crippen molar-refractivity contribution < 1.29 is 0 Å². The van der Waals surface area contributed by atoms with Crippen LogP contribution in [0.1, 0.15) is 5.56 Å². The molecule has 0 fully saturated rings. The van der Waals surface area contributed by atoms with E-state index >= 15 is 0 Å². The zero-order valence-electron chi connectivity index (χ0n) is 13.0. The van der Waals surface area contributed by atoms with Crippen LogP contribution in [0.25, 0.3) is 28.5 Å². The van der Waals surface area contributed by atoms with Gasteiger partial charge in [0.1, 0.15) is 0 Å². The molecule has 0 saturated carbocycles. The number of fused-ring (bicyclic) bond motifs is 1. The second-order valence-corrected chi connectivity index (χ2v) is 7.18. The summed E-state index contributed by atoms with van der Waals surface area (Å²) in [6.07, 6.45) is 5.63. The maximum absolute atomic E-state index is 12.5. The maximum atomic E-state index is 12.5. The summed E-state index contributed by atoms with van der Waals surface area (Å²) < 4.78 is 2.88. The fraction of sp³-hybridized carbons (Fsp3) is 0. The monoisotopic (exact) mass is 409 g/mol. The Morgan fingerprint density at radius 2 is 1.80 bits per heavy atom. The number of benzene rings is 2. The molecule has 2 aromatic carbocycles. The number of hydrogen-bond donors (Lipinski definition) is 0. The molecule has 0 aliphatic rings. The lowest BCUT2D eigenvalue weighted by Crippen LogP contribution is -2.23. The highest BCUT2D eigenvalue weighted by Crippen LogP contribution is 2.25. The number of halogens is 1. The van der Waals surface area contributed by atoms with E-state index in [1.807, 2.05) is 66.7 Å². The van der Waals surface area contributed by atoms with Gasteiger partial charge >= 0.3 is 0 Å². The molecule has 0 aliphatic carbocycles. The van der Waals surface area contributed by atoms with Crippen LogP contribution in [0.15, 0.2) is 69.9 Å². The molecule has 0 atom stereocenters. The maximum Gasteiger partial charge on any atom is 0.291 e. The Morgan fingerprint density at radius 3 is 2.56 bits per heavy atom. The molecule has 0 amide bonds. The number of aromatic nitrogens is 3. The molecule has 2 aromatic heterocycles. The van der Waals surface area contributed by atoms with Crippen molar-refractivity contribution in [3.05, 3.63) is 85.6 Å². The number of allylic oxidation sites excluding steroid dienone is 1. The van der Waals surface area contributed by atoms with Crippen LogP contribution in [-0.4, -0.2) is 14.6 Å². The molecule has 0 bridgehead atoms. The van der Waals surface area contributed by atoms with E-state index in [4.69, 9.17) is 0 Å². The largest absolute Gasteiger partial charge is 0.291 e. The van der Waals surface area contributed by atoms with Crippen molar-refractivity contribution in [3.8, 4) is 11.4 Å². The van der Waals surface area contributed by atoms with Gasteiger partial charge in [0.15, 0.2) is 5.82 Å². The highest BCUT2D eigenvalue weighted by atomic mass is 79.9. The highest BCUT2D eigenvalue weighted by molar-refractivity contribution is 9.10. The Hall–Kier alpha value is -2.57. The van der Waals surface area contributed by atoms with Crippen LogP contribution in [0.3, 0.4) is 0 Å². The zero-order valence-corrected chi connectivity index (χ0v) is 15.4. The van der Waals surface area contributed by atoms with E-state index in [9.17, 15) is 4.79 Å². The van der Waals surface area contributed by atoms with Crippen molar-refractivity contribution in [1.29, 1.82) is 0 Å². The summed E-state index contributed by atoms with van der Waals surface area (Å²) in [6.45, 7) is 0. The number of hydrogen-bond acceptors (Lipinski definition) is 4. The molecule has 122 valence electrons. The molecule has 0 spiro atoms. The van der Waals surface area contributed by atoms with Crippen LogP contribution in [-0.2, 0) is 0 Å². The van der Waals surface area contributed by atoms with E-state index in [0.717, 1.165) is 15.6 Å². The van der Waals surface area contributed by atoms with Crippen LogP contribution in [0.5, 0.6) is 0 Å². The normalized spacial score (nSPS) is 12.4. The van der Waals surface area contributed by atoms with Gasteiger partial charge in [-0.1, -0.05) is 81.9 Å². The Kier molecular flexibility index (Phi) is 4.29. The molecule has 2 heterocycles. The molecule has 6 heteroatoms. The van der Waals surface area contributed by atoms with Gasteiger partial charge in [0.25, 0.3) is 5.56 Å². The van der Waals surface area contributed by atoms with Crippen LogP contribution in [0, 0.1) is 0 Å². The summed E-state index contributed by atoms with van der Waals surface area (Å²) in [6, 6.07) is 17.6. The Balaban J connectivity index is 1.71. The molecule has 4 aromatic rings. The molecule has 4 nitrogen and oxygen atoms in total. The molecular formula is C19H12BrN3OS. The third kappa shape index (κ3) is 3.18. The van der Waals surface area contributed by atoms with Crippen molar-refractivity contribution in [1.82, 2.24) is 14.6 Å². The summed E-state index contributed by atoms with van der Waals surface area (Å²) in [4.78, 5) is 17.6.